The Kier molecular flexibility index (Phi) is 10.9. The molecule has 0 aliphatic carbocycles. The highest BCUT2D eigenvalue weighted by Gasteiger charge is 2.22. The lowest BCUT2D eigenvalue weighted by molar-refractivity contribution is -0.149. The molecule has 2 unspecified atom stereocenters. The summed E-state index contributed by atoms with van der Waals surface area (Å²) in [6.45, 7) is 1.69. The molecule has 0 aliphatic rings. The van der Waals surface area contributed by atoms with E-state index in [0.717, 1.165) is 19.1 Å². The van der Waals surface area contributed by atoms with Gasteiger partial charge in [0.1, 0.15) is 11.9 Å². The lowest BCUT2D eigenvalue weighted by Gasteiger charge is -2.19. The standard InChI is InChI=1S/C20H28ClN3O4/c1-14(9-17(25)5-3-4-8-21)28-20(26)10-18(16(11-22)12-23)15-6-7-19(27-2)24-13-15/h6-7,11-14,18,22H,3-5,8-10,23H2,1-2H3/b16-12+,22-11?. The van der Waals surface area contributed by atoms with Crippen molar-refractivity contribution in [1.29, 1.82) is 5.41 Å². The van der Waals surface area contributed by atoms with Crippen LogP contribution in [0.3, 0.4) is 0 Å². The molecule has 2 atom stereocenters. The van der Waals surface area contributed by atoms with Crippen LogP contribution >= 0.6 is 11.6 Å². The number of nitrogens with one attached hydrogen (secondary N) is 1. The zero-order valence-electron chi connectivity index (χ0n) is 16.3. The van der Waals surface area contributed by atoms with Crippen molar-refractivity contribution in [1.82, 2.24) is 4.98 Å². The second-order valence-corrected chi connectivity index (χ2v) is 6.77. The molecule has 154 valence electrons. The van der Waals surface area contributed by atoms with Crippen molar-refractivity contribution < 1.29 is 19.1 Å². The number of esters is 1. The molecule has 0 saturated heterocycles. The average molecular weight is 410 g/mol. The number of alkyl halides is 1. The van der Waals surface area contributed by atoms with Crippen molar-refractivity contribution in [2.75, 3.05) is 13.0 Å². The molecule has 1 aromatic rings. The number of methoxy groups -OCH3 is 1. The first-order valence-electron chi connectivity index (χ1n) is 9.14. The van der Waals surface area contributed by atoms with Gasteiger partial charge in [0.25, 0.3) is 0 Å². The van der Waals surface area contributed by atoms with E-state index in [4.69, 9.17) is 32.2 Å². The Morgan fingerprint density at radius 2 is 2.07 bits per heavy atom. The van der Waals surface area contributed by atoms with E-state index in [1.165, 1.54) is 13.3 Å². The molecule has 0 saturated carbocycles. The maximum atomic E-state index is 12.4. The molecule has 28 heavy (non-hydrogen) atoms. The van der Waals surface area contributed by atoms with Crippen molar-refractivity contribution in [3.05, 3.63) is 35.7 Å². The molecule has 1 rings (SSSR count). The summed E-state index contributed by atoms with van der Waals surface area (Å²) in [7, 11) is 1.51. The van der Waals surface area contributed by atoms with Gasteiger partial charge in [-0.3, -0.25) is 9.59 Å². The zero-order chi connectivity index (χ0) is 20.9. The van der Waals surface area contributed by atoms with Gasteiger partial charge in [0.15, 0.2) is 0 Å². The van der Waals surface area contributed by atoms with E-state index >= 15 is 0 Å². The Morgan fingerprint density at radius 3 is 2.61 bits per heavy atom. The van der Waals surface area contributed by atoms with E-state index in [-0.39, 0.29) is 18.6 Å². The molecule has 0 bridgehead atoms. The highest BCUT2D eigenvalue weighted by atomic mass is 35.5. The van der Waals surface area contributed by atoms with E-state index in [9.17, 15) is 9.59 Å². The van der Waals surface area contributed by atoms with E-state index in [1.54, 1.807) is 25.3 Å². The fourth-order valence-corrected chi connectivity index (χ4v) is 2.92. The molecule has 1 aromatic heterocycles. The molecule has 1 heterocycles. The summed E-state index contributed by atoms with van der Waals surface area (Å²) in [6.07, 6.45) is 5.57. The number of Topliss-reactive ketones (excluding diaryl/α,β-unsaturated/α-hetero) is 1. The number of hydrogen-bond acceptors (Lipinski definition) is 7. The third-order valence-electron chi connectivity index (χ3n) is 4.19. The molecule has 0 aromatic carbocycles. The van der Waals surface area contributed by atoms with Gasteiger partial charge in [-0.2, -0.15) is 0 Å². The first-order valence-corrected chi connectivity index (χ1v) is 9.67. The Hall–Kier alpha value is -2.41. The van der Waals surface area contributed by atoms with Crippen molar-refractivity contribution in [2.45, 2.75) is 51.0 Å². The van der Waals surface area contributed by atoms with E-state index < -0.39 is 18.0 Å². The minimum Gasteiger partial charge on any atom is -0.481 e. The van der Waals surface area contributed by atoms with Gasteiger partial charge in [0.05, 0.1) is 13.5 Å². The van der Waals surface area contributed by atoms with Crippen LogP contribution in [0.2, 0.25) is 0 Å². The van der Waals surface area contributed by atoms with Crippen LogP contribution in [0.4, 0.5) is 0 Å². The summed E-state index contributed by atoms with van der Waals surface area (Å²) < 4.78 is 10.4. The van der Waals surface area contributed by atoms with Gasteiger partial charge in [-0.05, 0) is 37.1 Å². The van der Waals surface area contributed by atoms with Crippen molar-refractivity contribution in [2.24, 2.45) is 5.73 Å². The van der Waals surface area contributed by atoms with Gasteiger partial charge in [-0.25, -0.2) is 4.98 Å². The number of nitrogens with zero attached hydrogens (tertiary/aromatic N) is 1. The predicted octanol–water partition coefficient (Wildman–Crippen LogP) is 3.36. The first kappa shape index (κ1) is 23.6. The molecule has 0 fully saturated rings. The van der Waals surface area contributed by atoms with Crippen LogP contribution in [0.5, 0.6) is 5.88 Å². The number of rotatable bonds is 13. The number of pyridine rings is 1. The SMILES string of the molecule is COc1ccc(C(CC(=O)OC(C)CC(=O)CCCCCl)/C(C=N)=C/N)cn1. The van der Waals surface area contributed by atoms with E-state index in [0.29, 0.717) is 29.3 Å². The normalized spacial score (nSPS) is 13.5. The third-order valence-corrected chi connectivity index (χ3v) is 4.46. The maximum Gasteiger partial charge on any atom is 0.307 e. The summed E-state index contributed by atoms with van der Waals surface area (Å²) in [6, 6.07) is 3.44. The number of unbranched alkanes of at least 4 members (excludes halogenated alkanes) is 1. The van der Waals surface area contributed by atoms with Gasteiger partial charge in [0, 0.05) is 43.1 Å². The minimum absolute atomic E-state index is 0.0167. The zero-order valence-corrected chi connectivity index (χ0v) is 17.1. The maximum absolute atomic E-state index is 12.4. The number of carbonyl (C=O) groups excluding carboxylic acids is 2. The molecule has 0 amide bonds. The second-order valence-electron chi connectivity index (χ2n) is 6.39. The van der Waals surface area contributed by atoms with Crippen LogP contribution in [0, 0.1) is 5.41 Å². The average Bonchev–Trinajstić information content (AvgIpc) is 2.68. The fraction of sp³-hybridized carbons (Fsp3) is 0.500. The number of aromatic nitrogens is 1. The number of hydrogen-bond donors (Lipinski definition) is 2. The number of ether oxygens (including phenoxy) is 2. The van der Waals surface area contributed by atoms with Crippen LogP contribution in [0.1, 0.15) is 50.5 Å². The monoisotopic (exact) mass is 409 g/mol. The summed E-state index contributed by atoms with van der Waals surface area (Å²) >= 11 is 5.60. The number of halogens is 1. The molecule has 0 spiro atoms. The highest BCUT2D eigenvalue weighted by molar-refractivity contribution is 6.17. The molecular formula is C20H28ClN3O4. The second kappa shape index (κ2) is 12.9. The van der Waals surface area contributed by atoms with E-state index in [2.05, 4.69) is 4.98 Å². The van der Waals surface area contributed by atoms with Gasteiger partial charge in [-0.15, -0.1) is 11.6 Å². The number of ketones is 1. The summed E-state index contributed by atoms with van der Waals surface area (Å²) in [5.74, 6) is 0.0784. The van der Waals surface area contributed by atoms with Crippen molar-refractivity contribution in [3.63, 3.8) is 0 Å². The number of carbonyl (C=O) groups is 2. The lowest BCUT2D eigenvalue weighted by Crippen LogP contribution is -2.21. The molecular weight excluding hydrogens is 382 g/mol. The van der Waals surface area contributed by atoms with Crippen LogP contribution < -0.4 is 10.5 Å². The quantitative estimate of drug-likeness (QED) is 0.223. The Morgan fingerprint density at radius 1 is 1.32 bits per heavy atom. The molecule has 8 heteroatoms. The van der Waals surface area contributed by atoms with Gasteiger partial charge in [0.2, 0.25) is 5.88 Å². The summed E-state index contributed by atoms with van der Waals surface area (Å²) in [4.78, 5) is 28.4. The van der Waals surface area contributed by atoms with Gasteiger partial charge >= 0.3 is 5.97 Å². The topological polar surface area (TPSA) is 115 Å². The molecule has 7 nitrogen and oxygen atoms in total. The number of allylic oxidation sites excluding steroid dienone is 1. The lowest BCUT2D eigenvalue weighted by atomic mass is 9.90. The largest absolute Gasteiger partial charge is 0.481 e. The summed E-state index contributed by atoms with van der Waals surface area (Å²) in [5.41, 5.74) is 6.79. The Balaban J connectivity index is 2.73. The molecule has 3 N–H and O–H groups in total. The number of nitrogens with two attached hydrogens (primary N) is 1. The minimum atomic E-state index is -0.518. The van der Waals surface area contributed by atoms with Gasteiger partial charge in [-0.1, -0.05) is 6.07 Å². The van der Waals surface area contributed by atoms with Crippen LogP contribution in [-0.2, 0) is 14.3 Å². The van der Waals surface area contributed by atoms with Crippen molar-refractivity contribution in [3.8, 4) is 5.88 Å². The van der Waals surface area contributed by atoms with E-state index in [1.807, 2.05) is 0 Å². The third kappa shape index (κ3) is 8.08. The Bertz CT molecular complexity index is 677. The van der Waals surface area contributed by atoms with Crippen molar-refractivity contribution >= 4 is 29.6 Å². The Labute approximate surface area is 170 Å². The van der Waals surface area contributed by atoms with Gasteiger partial charge < -0.3 is 20.6 Å². The van der Waals surface area contributed by atoms with Crippen LogP contribution in [-0.4, -0.2) is 42.0 Å². The highest BCUT2D eigenvalue weighted by Crippen LogP contribution is 2.28. The van der Waals surface area contributed by atoms with Crippen LogP contribution in [0.25, 0.3) is 0 Å². The molecule has 0 radical (unpaired) electrons. The fourth-order valence-electron chi connectivity index (χ4n) is 2.73. The summed E-state index contributed by atoms with van der Waals surface area (Å²) in [5, 5.41) is 7.55. The molecule has 0 aliphatic heterocycles. The smallest absolute Gasteiger partial charge is 0.307 e. The first-order chi connectivity index (χ1) is 13.4. The predicted molar refractivity (Wildman–Crippen MR) is 109 cm³/mol. The van der Waals surface area contributed by atoms with Crippen LogP contribution in [0.15, 0.2) is 30.1 Å².